The summed E-state index contributed by atoms with van der Waals surface area (Å²) in [6.45, 7) is 1.48. The Balaban J connectivity index is 1.63. The van der Waals surface area contributed by atoms with Gasteiger partial charge in [0, 0.05) is 25.3 Å². The highest BCUT2D eigenvalue weighted by Crippen LogP contribution is 2.22. The van der Waals surface area contributed by atoms with Crippen LogP contribution in [0.15, 0.2) is 30.3 Å². The molecule has 2 saturated heterocycles. The number of amides is 3. The van der Waals surface area contributed by atoms with Crippen molar-refractivity contribution in [1.82, 2.24) is 9.80 Å². The number of morpholine rings is 1. The first kappa shape index (κ1) is 18.2. The number of rotatable bonds is 3. The number of nitrogens with one attached hydrogen (secondary N) is 1. The molecule has 2 fully saturated rings. The number of ether oxygens (including phenoxy) is 1. The van der Waals surface area contributed by atoms with E-state index in [0.29, 0.717) is 38.2 Å². The van der Waals surface area contributed by atoms with Gasteiger partial charge in [0.2, 0.25) is 5.91 Å². The van der Waals surface area contributed by atoms with Crippen molar-refractivity contribution in [3.05, 3.63) is 30.3 Å². The zero-order valence-corrected chi connectivity index (χ0v) is 14.5. The van der Waals surface area contributed by atoms with E-state index in [-0.39, 0.29) is 31.0 Å². The molecule has 2 aliphatic rings. The second-order valence-electron chi connectivity index (χ2n) is 6.54. The fourth-order valence-corrected chi connectivity index (χ4v) is 3.39. The Morgan fingerprint density at radius 1 is 1.15 bits per heavy atom. The zero-order chi connectivity index (χ0) is 18.5. The quantitative estimate of drug-likeness (QED) is 0.844. The first-order chi connectivity index (χ1) is 12.6. The Morgan fingerprint density at radius 2 is 1.92 bits per heavy atom. The monoisotopic (exact) mass is 361 g/mol. The van der Waals surface area contributed by atoms with Gasteiger partial charge in [0.1, 0.15) is 0 Å². The third-order valence-electron chi connectivity index (χ3n) is 4.78. The van der Waals surface area contributed by atoms with E-state index in [4.69, 9.17) is 4.74 Å². The number of carbonyl (C=O) groups excluding carboxylic acids is 2. The maximum atomic E-state index is 12.8. The molecular formula is C18H23N3O5. The van der Waals surface area contributed by atoms with Gasteiger partial charge in [-0.3, -0.25) is 4.79 Å². The van der Waals surface area contributed by atoms with E-state index < -0.39 is 12.0 Å². The third-order valence-corrected chi connectivity index (χ3v) is 4.78. The summed E-state index contributed by atoms with van der Waals surface area (Å²) in [6.07, 6.45) is 1.36. The molecule has 0 spiro atoms. The van der Waals surface area contributed by atoms with Gasteiger partial charge in [-0.25, -0.2) is 9.59 Å². The molecule has 0 aliphatic carbocycles. The molecule has 0 radical (unpaired) electrons. The van der Waals surface area contributed by atoms with E-state index in [1.165, 1.54) is 4.90 Å². The molecule has 1 aromatic rings. The van der Waals surface area contributed by atoms with Crippen LogP contribution >= 0.6 is 0 Å². The second-order valence-corrected chi connectivity index (χ2v) is 6.54. The van der Waals surface area contributed by atoms with E-state index in [0.717, 1.165) is 0 Å². The van der Waals surface area contributed by atoms with Crippen LogP contribution in [0.5, 0.6) is 0 Å². The molecule has 1 aromatic carbocycles. The Kier molecular flexibility index (Phi) is 5.72. The fourth-order valence-electron chi connectivity index (χ4n) is 3.39. The average Bonchev–Trinajstić information content (AvgIpc) is 2.68. The number of carbonyl (C=O) groups is 3. The lowest BCUT2D eigenvalue weighted by atomic mass is 9.95. The number of carboxylic acid groups (broad SMARTS) is 1. The topological polar surface area (TPSA) is 99.2 Å². The number of piperidine rings is 1. The van der Waals surface area contributed by atoms with Crippen molar-refractivity contribution < 1.29 is 24.2 Å². The molecule has 8 heteroatoms. The number of likely N-dealkylation sites (tertiary alicyclic amines) is 1. The fraction of sp³-hybridized carbons (Fsp3) is 0.500. The first-order valence-corrected chi connectivity index (χ1v) is 8.78. The number of hydrogen-bond acceptors (Lipinski definition) is 4. The van der Waals surface area contributed by atoms with Gasteiger partial charge in [-0.15, -0.1) is 0 Å². The van der Waals surface area contributed by atoms with Crippen LogP contribution in [-0.2, 0) is 14.3 Å². The van der Waals surface area contributed by atoms with Gasteiger partial charge in [0.25, 0.3) is 0 Å². The van der Waals surface area contributed by atoms with Crippen LogP contribution in [0.2, 0.25) is 0 Å². The summed E-state index contributed by atoms with van der Waals surface area (Å²) >= 11 is 0. The number of nitrogens with zero attached hydrogens (tertiary/aromatic N) is 2. The lowest BCUT2D eigenvalue weighted by Gasteiger charge is -2.38. The van der Waals surface area contributed by atoms with Crippen molar-refractivity contribution in [2.24, 2.45) is 5.92 Å². The molecular weight excluding hydrogens is 338 g/mol. The number of aliphatic carboxylic acids is 1. The van der Waals surface area contributed by atoms with Crippen molar-refractivity contribution in [1.29, 1.82) is 0 Å². The maximum absolute atomic E-state index is 12.8. The zero-order valence-electron chi connectivity index (χ0n) is 14.5. The Morgan fingerprint density at radius 3 is 2.65 bits per heavy atom. The Hall–Kier alpha value is -2.61. The molecule has 140 valence electrons. The van der Waals surface area contributed by atoms with E-state index in [9.17, 15) is 19.5 Å². The summed E-state index contributed by atoms with van der Waals surface area (Å²) < 4.78 is 5.19. The van der Waals surface area contributed by atoms with Crippen LogP contribution in [0.25, 0.3) is 0 Å². The molecule has 0 aromatic heterocycles. The molecule has 2 N–H and O–H groups in total. The minimum absolute atomic E-state index is 0.00595. The lowest BCUT2D eigenvalue weighted by Crippen LogP contribution is -2.56. The molecule has 2 heterocycles. The Labute approximate surface area is 151 Å². The van der Waals surface area contributed by atoms with Gasteiger partial charge in [-0.1, -0.05) is 18.2 Å². The minimum Gasteiger partial charge on any atom is -0.480 e. The molecule has 8 nitrogen and oxygen atoms in total. The number of hydrogen-bond donors (Lipinski definition) is 2. The summed E-state index contributed by atoms with van der Waals surface area (Å²) in [7, 11) is 0. The van der Waals surface area contributed by atoms with Gasteiger partial charge in [0.05, 0.1) is 19.1 Å². The lowest BCUT2D eigenvalue weighted by molar-refractivity contribution is -0.161. The van der Waals surface area contributed by atoms with Crippen LogP contribution in [0.3, 0.4) is 0 Å². The molecule has 2 atom stereocenters. The number of anilines is 1. The number of benzene rings is 1. The predicted octanol–water partition coefficient (Wildman–Crippen LogP) is 1.24. The normalized spacial score (nSPS) is 23.4. The van der Waals surface area contributed by atoms with Crippen LogP contribution in [0.1, 0.15) is 12.8 Å². The van der Waals surface area contributed by atoms with E-state index in [1.54, 1.807) is 17.0 Å². The molecule has 26 heavy (non-hydrogen) atoms. The van der Waals surface area contributed by atoms with Crippen LogP contribution in [-0.4, -0.2) is 71.7 Å². The summed E-state index contributed by atoms with van der Waals surface area (Å²) in [5.74, 6) is -1.66. The molecule has 3 rings (SSSR count). The standard InChI is InChI=1S/C18H23N3O5/c22-16(21-9-10-26-12-15(21)17(23)24)13-5-4-8-20(11-13)18(25)19-14-6-2-1-3-7-14/h1-3,6-7,13,15H,4-5,8-12H2,(H,19,25)(H,23,24). The predicted molar refractivity (Wildman–Crippen MR) is 93.7 cm³/mol. The minimum atomic E-state index is -1.06. The SMILES string of the molecule is O=C(O)C1COCCN1C(=O)C1CCCN(C(=O)Nc2ccccc2)C1. The molecule has 3 amide bonds. The van der Waals surface area contributed by atoms with Crippen molar-refractivity contribution in [2.75, 3.05) is 38.2 Å². The largest absolute Gasteiger partial charge is 0.480 e. The highest BCUT2D eigenvalue weighted by molar-refractivity contribution is 5.90. The van der Waals surface area contributed by atoms with Gasteiger partial charge in [0.15, 0.2) is 6.04 Å². The summed E-state index contributed by atoms with van der Waals surface area (Å²) in [5.41, 5.74) is 0.699. The van der Waals surface area contributed by atoms with Crippen molar-refractivity contribution in [2.45, 2.75) is 18.9 Å². The van der Waals surface area contributed by atoms with Gasteiger partial charge < -0.3 is 25.0 Å². The maximum Gasteiger partial charge on any atom is 0.328 e. The smallest absolute Gasteiger partial charge is 0.328 e. The van der Waals surface area contributed by atoms with Gasteiger partial charge >= 0.3 is 12.0 Å². The van der Waals surface area contributed by atoms with Crippen molar-refractivity contribution in [3.8, 4) is 0 Å². The van der Waals surface area contributed by atoms with E-state index >= 15 is 0 Å². The van der Waals surface area contributed by atoms with Gasteiger partial charge in [-0.2, -0.15) is 0 Å². The molecule has 2 aliphatic heterocycles. The number of urea groups is 1. The van der Waals surface area contributed by atoms with Crippen LogP contribution in [0, 0.1) is 5.92 Å². The molecule has 0 saturated carbocycles. The van der Waals surface area contributed by atoms with E-state index in [1.807, 2.05) is 18.2 Å². The molecule has 2 unspecified atom stereocenters. The third kappa shape index (κ3) is 4.13. The van der Waals surface area contributed by atoms with Crippen LogP contribution in [0.4, 0.5) is 10.5 Å². The average molecular weight is 361 g/mol. The van der Waals surface area contributed by atoms with Crippen LogP contribution < -0.4 is 5.32 Å². The summed E-state index contributed by atoms with van der Waals surface area (Å²) in [5, 5.41) is 12.1. The summed E-state index contributed by atoms with van der Waals surface area (Å²) in [4.78, 5) is 39.7. The highest BCUT2D eigenvalue weighted by Gasteiger charge is 2.38. The Bertz CT molecular complexity index is 666. The second kappa shape index (κ2) is 8.18. The number of para-hydroxylation sites is 1. The number of carboxylic acids is 1. The van der Waals surface area contributed by atoms with Crippen molar-refractivity contribution >= 4 is 23.6 Å². The molecule has 0 bridgehead atoms. The van der Waals surface area contributed by atoms with Crippen molar-refractivity contribution in [3.63, 3.8) is 0 Å². The highest BCUT2D eigenvalue weighted by atomic mass is 16.5. The summed E-state index contributed by atoms with van der Waals surface area (Å²) in [6, 6.07) is 7.94. The first-order valence-electron chi connectivity index (χ1n) is 8.78. The van der Waals surface area contributed by atoms with Gasteiger partial charge in [-0.05, 0) is 25.0 Å². The van der Waals surface area contributed by atoms with E-state index in [2.05, 4.69) is 5.32 Å².